The maximum absolute atomic E-state index is 14.9. The van der Waals surface area contributed by atoms with Crippen LogP contribution in [0.4, 0.5) is 30.6 Å². The van der Waals surface area contributed by atoms with Crippen molar-refractivity contribution in [3.8, 4) is 5.75 Å². The summed E-state index contributed by atoms with van der Waals surface area (Å²) < 4.78 is 54.3. The van der Waals surface area contributed by atoms with E-state index in [4.69, 9.17) is 18.9 Å². The number of aromatic nitrogens is 3. The summed E-state index contributed by atoms with van der Waals surface area (Å²) in [6.45, 7) is 8.36. The van der Waals surface area contributed by atoms with Crippen LogP contribution in [0.3, 0.4) is 0 Å². The lowest BCUT2D eigenvalue weighted by Crippen LogP contribution is -2.46. The molecule has 0 saturated carbocycles. The number of anilines is 3. The normalized spacial score (nSPS) is 21.8. The van der Waals surface area contributed by atoms with Crippen LogP contribution >= 0.6 is 0 Å². The van der Waals surface area contributed by atoms with Crippen molar-refractivity contribution < 1.29 is 37.3 Å². The summed E-state index contributed by atoms with van der Waals surface area (Å²) >= 11 is 0. The van der Waals surface area contributed by atoms with Gasteiger partial charge in [-0.25, -0.2) is 23.2 Å². The summed E-state index contributed by atoms with van der Waals surface area (Å²) in [5, 5.41) is 4.13. The first-order valence-electron chi connectivity index (χ1n) is 18.3. The summed E-state index contributed by atoms with van der Waals surface area (Å²) in [6.07, 6.45) is 3.69. The molecule has 1 unspecified atom stereocenters. The Morgan fingerprint density at radius 3 is 2.28 bits per heavy atom. The second kappa shape index (κ2) is 16.5. The van der Waals surface area contributed by atoms with Gasteiger partial charge in [0.25, 0.3) is 0 Å². The van der Waals surface area contributed by atoms with E-state index in [0.29, 0.717) is 31.7 Å². The number of benzene rings is 3. The van der Waals surface area contributed by atoms with Crippen LogP contribution in [-0.4, -0.2) is 103 Å². The molecule has 0 N–H and O–H groups in total. The van der Waals surface area contributed by atoms with Gasteiger partial charge in [-0.1, -0.05) is 6.07 Å². The van der Waals surface area contributed by atoms with Crippen molar-refractivity contribution in [3.63, 3.8) is 0 Å². The molecule has 3 saturated heterocycles. The molecule has 3 aliphatic rings. The molecule has 0 spiro atoms. The van der Waals surface area contributed by atoms with E-state index in [-0.39, 0.29) is 43.6 Å². The molecule has 3 fully saturated rings. The number of rotatable bonds is 15. The van der Waals surface area contributed by atoms with Crippen molar-refractivity contribution in [2.24, 2.45) is 0 Å². The Labute approximate surface area is 312 Å². The Bertz CT molecular complexity index is 1860. The number of hydrogen-bond acceptors (Lipinski definition) is 10. The first-order chi connectivity index (χ1) is 26.2. The van der Waals surface area contributed by atoms with Crippen LogP contribution in [0.25, 0.3) is 0 Å². The summed E-state index contributed by atoms with van der Waals surface area (Å²) in [7, 11) is 0. The molecule has 13 nitrogen and oxygen atoms in total. The van der Waals surface area contributed by atoms with Crippen LogP contribution in [0.2, 0.25) is 0 Å². The van der Waals surface area contributed by atoms with E-state index in [0.717, 1.165) is 55.6 Å². The number of unbranched alkanes of at least 4 members (excludes halogenated alkanes) is 1. The first kappa shape index (κ1) is 37.2. The van der Waals surface area contributed by atoms with Gasteiger partial charge in [0, 0.05) is 73.9 Å². The van der Waals surface area contributed by atoms with Crippen molar-refractivity contribution in [3.05, 3.63) is 96.6 Å². The maximum Gasteiger partial charge on any atom is 0.326 e. The van der Waals surface area contributed by atoms with E-state index in [1.165, 1.54) is 29.5 Å². The fourth-order valence-corrected chi connectivity index (χ4v) is 7.23. The molecule has 2 amide bonds. The van der Waals surface area contributed by atoms with Crippen molar-refractivity contribution in [2.75, 3.05) is 67.2 Å². The van der Waals surface area contributed by atoms with Crippen LogP contribution in [0.15, 0.2) is 79.4 Å². The summed E-state index contributed by atoms with van der Waals surface area (Å²) in [5.74, 6) is -0.772. The molecule has 15 heteroatoms. The Morgan fingerprint density at radius 2 is 1.65 bits per heavy atom. The van der Waals surface area contributed by atoms with Gasteiger partial charge in [0.2, 0.25) is 0 Å². The number of halogens is 2. The van der Waals surface area contributed by atoms with Crippen molar-refractivity contribution >= 4 is 29.4 Å². The molecule has 3 atom stereocenters. The van der Waals surface area contributed by atoms with E-state index in [1.807, 2.05) is 50.2 Å². The van der Waals surface area contributed by atoms with Gasteiger partial charge >= 0.3 is 6.03 Å². The minimum Gasteiger partial charge on any atom is -0.488 e. The fourth-order valence-electron chi connectivity index (χ4n) is 7.23. The van der Waals surface area contributed by atoms with E-state index in [2.05, 4.69) is 32.0 Å². The smallest absolute Gasteiger partial charge is 0.326 e. The van der Waals surface area contributed by atoms with Crippen LogP contribution < -0.4 is 19.4 Å². The van der Waals surface area contributed by atoms with Crippen LogP contribution in [0.1, 0.15) is 32.3 Å². The minimum absolute atomic E-state index is 0.0135. The molecule has 3 aromatic carbocycles. The number of piperazine rings is 1. The molecule has 7 rings (SSSR count). The highest BCUT2D eigenvalue weighted by atomic mass is 19.1. The van der Waals surface area contributed by atoms with Gasteiger partial charge in [-0.2, -0.15) is 5.10 Å². The molecule has 1 aromatic heterocycles. The maximum atomic E-state index is 14.9. The van der Waals surface area contributed by atoms with E-state index < -0.39 is 23.5 Å². The zero-order chi connectivity index (χ0) is 37.7. The van der Waals surface area contributed by atoms with Gasteiger partial charge in [0.05, 0.1) is 19.7 Å². The second-order valence-electron chi connectivity index (χ2n) is 13.9. The number of ether oxygens (including phenoxy) is 4. The first-order valence-corrected chi connectivity index (χ1v) is 18.3. The molecule has 0 bridgehead atoms. The van der Waals surface area contributed by atoms with Gasteiger partial charge in [0.15, 0.2) is 12.5 Å². The van der Waals surface area contributed by atoms with Crippen LogP contribution in [0, 0.1) is 11.6 Å². The average molecular weight is 746 g/mol. The lowest BCUT2D eigenvalue weighted by atomic mass is 9.94. The number of aldehydes is 1. The largest absolute Gasteiger partial charge is 0.488 e. The molecule has 286 valence electrons. The van der Waals surface area contributed by atoms with Crippen LogP contribution in [-0.2, 0) is 31.2 Å². The lowest BCUT2D eigenvalue weighted by Gasteiger charge is -2.37. The second-order valence-corrected chi connectivity index (χ2v) is 13.9. The topological polar surface area (TPSA) is 115 Å². The van der Waals surface area contributed by atoms with Gasteiger partial charge in [-0.3, -0.25) is 9.80 Å². The number of amides is 2. The molecule has 0 radical (unpaired) electrons. The predicted molar refractivity (Wildman–Crippen MR) is 196 cm³/mol. The minimum atomic E-state index is -1.24. The predicted octanol–water partition coefficient (Wildman–Crippen LogP) is 5.20. The molecule has 4 heterocycles. The van der Waals surface area contributed by atoms with E-state index in [9.17, 15) is 18.4 Å². The van der Waals surface area contributed by atoms with E-state index >= 15 is 0 Å². The quantitative estimate of drug-likeness (QED) is 0.119. The number of carbonyl (C=O) groups excluding carboxylic acids is 2. The third kappa shape index (κ3) is 8.17. The molecular weight excluding hydrogens is 700 g/mol. The lowest BCUT2D eigenvalue weighted by molar-refractivity contribution is -0.117. The average Bonchev–Trinajstić information content (AvgIpc) is 3.92. The Morgan fingerprint density at radius 1 is 0.963 bits per heavy atom. The number of urea groups is 1. The molecule has 0 aliphatic carbocycles. The SMILES string of the molecule is CC(C)N1C(=O)N(c2ccc(N3CCN(c4ccc(OC[C@H]5OC[C@](Cn6cncn6)(c6ccc(F)cc6F)O5)cc4)CC3)cc2)CC1OCCCC=O. The zero-order valence-corrected chi connectivity index (χ0v) is 30.4. The number of hydrogen-bond donors (Lipinski definition) is 0. The molecule has 3 aliphatic heterocycles. The third-order valence-corrected chi connectivity index (χ3v) is 9.99. The summed E-state index contributed by atoms with van der Waals surface area (Å²) in [5.41, 5.74) is 1.93. The highest BCUT2D eigenvalue weighted by Gasteiger charge is 2.46. The van der Waals surface area contributed by atoms with E-state index in [1.54, 1.807) is 9.80 Å². The number of carbonyl (C=O) groups is 2. The van der Waals surface area contributed by atoms with Crippen molar-refractivity contribution in [1.29, 1.82) is 0 Å². The van der Waals surface area contributed by atoms with Crippen molar-refractivity contribution in [1.82, 2.24) is 19.7 Å². The summed E-state index contributed by atoms with van der Waals surface area (Å²) in [6, 6.07) is 19.3. The Kier molecular flexibility index (Phi) is 11.4. The number of nitrogens with zero attached hydrogens (tertiary/aromatic N) is 7. The molecular formula is C39H45F2N7O6. The van der Waals surface area contributed by atoms with Gasteiger partial charge in [-0.15, -0.1) is 0 Å². The highest BCUT2D eigenvalue weighted by molar-refractivity contribution is 5.94. The van der Waals surface area contributed by atoms with Gasteiger partial charge in [-0.05, 0) is 74.9 Å². The third-order valence-electron chi connectivity index (χ3n) is 9.99. The van der Waals surface area contributed by atoms with Gasteiger partial charge in [0.1, 0.15) is 48.5 Å². The standard InChI is InChI=1S/C39H45F2N7O6/c1-28(2)48-36(51-20-4-3-19-49)22-47(38(48)50)32-8-6-30(7-9-32)44-15-17-45(18-16-44)31-10-12-33(13-11-31)52-23-37-53-25-39(54-37,24-46-27-42-26-43-46)34-14-5-29(40)21-35(34)41/h5-14,19,21,26-28,36-37H,3-4,15-18,20,22-25H2,1-2H3/t36?,37-,39+/m0/s1. The van der Waals surface area contributed by atoms with Crippen molar-refractivity contribution in [2.45, 2.75) is 57.4 Å². The zero-order valence-electron chi connectivity index (χ0n) is 30.4. The Hall–Kier alpha value is -5.12. The summed E-state index contributed by atoms with van der Waals surface area (Å²) in [4.78, 5) is 36.1. The monoisotopic (exact) mass is 745 g/mol. The highest BCUT2D eigenvalue weighted by Crippen LogP contribution is 2.37. The van der Waals surface area contributed by atoms with Crippen LogP contribution in [0.5, 0.6) is 5.75 Å². The fraction of sp³-hybridized carbons (Fsp3) is 0.436. The molecule has 4 aromatic rings. The Balaban J connectivity index is 0.901. The van der Waals surface area contributed by atoms with Gasteiger partial charge < -0.3 is 33.5 Å². The molecule has 54 heavy (non-hydrogen) atoms.